The van der Waals surface area contributed by atoms with Crippen LogP contribution in [-0.2, 0) is 65.4 Å². The van der Waals surface area contributed by atoms with Gasteiger partial charge in [-0.1, -0.05) is 82.6 Å². The Morgan fingerprint density at radius 2 is 1.04 bits per heavy atom. The van der Waals surface area contributed by atoms with Gasteiger partial charge in [0.25, 0.3) is 0 Å². The molecule has 0 aliphatic carbocycles. The Labute approximate surface area is 201 Å². The molecule has 0 aromatic heterocycles. The minimum absolute atomic E-state index is 0. The topological polar surface area (TPSA) is 24.7 Å². The SMILES string of the molecule is C.C.CC.CCC.CCC.[CH-]=CN=[C-]C.[CH-]=CN=[C-]CC.[Y].[Y]. The number of nitrogens with zero attached hydrogens (tertiary/aromatic N) is 2. The molecule has 0 aliphatic heterocycles. The minimum Gasteiger partial charge on any atom is -0.601 e. The van der Waals surface area contributed by atoms with Crippen molar-refractivity contribution in [2.24, 2.45) is 9.98 Å². The molecule has 0 saturated heterocycles. The maximum absolute atomic E-state index is 4.86. The molecule has 0 amide bonds. The van der Waals surface area contributed by atoms with E-state index < -0.39 is 0 Å². The van der Waals surface area contributed by atoms with Crippen LogP contribution in [0.2, 0.25) is 0 Å². The van der Waals surface area contributed by atoms with Gasteiger partial charge in [-0.3, -0.25) is 0 Å². The molecule has 0 bridgehead atoms. The molecule has 0 N–H and O–H groups in total. The molecular formula is C19H42N2Y2-4. The number of aliphatic imine (C=N–C) groups is 2. The third-order valence-corrected chi connectivity index (χ3v) is 0.528. The van der Waals surface area contributed by atoms with Gasteiger partial charge in [0.05, 0.1) is 0 Å². The smallest absolute Gasteiger partial charge is 0 e. The van der Waals surface area contributed by atoms with E-state index in [0.717, 1.165) is 6.42 Å². The Hall–Kier alpha value is 1.03. The van der Waals surface area contributed by atoms with Crippen LogP contribution in [0.1, 0.15) is 89.5 Å². The predicted octanol–water partition coefficient (Wildman–Crippen LogP) is 7.32. The third kappa shape index (κ3) is 280. The van der Waals surface area contributed by atoms with Gasteiger partial charge in [-0.05, 0) is 0 Å². The second kappa shape index (κ2) is 111. The predicted molar refractivity (Wildman–Crippen MR) is 105 cm³/mol. The van der Waals surface area contributed by atoms with Crippen LogP contribution in [0.15, 0.2) is 22.4 Å². The van der Waals surface area contributed by atoms with Gasteiger partial charge < -0.3 is 35.5 Å². The summed E-state index contributed by atoms with van der Waals surface area (Å²) in [6.07, 6.45) is 10.9. The van der Waals surface area contributed by atoms with E-state index in [-0.39, 0.29) is 80.3 Å². The van der Waals surface area contributed by atoms with Crippen molar-refractivity contribution in [1.29, 1.82) is 0 Å². The first-order chi connectivity index (χ1) is 9.16. The molecule has 0 unspecified atom stereocenters. The van der Waals surface area contributed by atoms with E-state index in [2.05, 4.69) is 50.1 Å². The Bertz CT molecular complexity index is 167. The van der Waals surface area contributed by atoms with Gasteiger partial charge in [-0.25, -0.2) is 0 Å². The molecule has 0 saturated carbocycles. The average molecular weight is 476 g/mol. The molecule has 138 valence electrons. The second-order valence-electron chi connectivity index (χ2n) is 2.71. The summed E-state index contributed by atoms with van der Waals surface area (Å²) < 4.78 is 0. The van der Waals surface area contributed by atoms with Crippen LogP contribution in [0.25, 0.3) is 0 Å². The van der Waals surface area contributed by atoms with Crippen molar-refractivity contribution in [2.75, 3.05) is 0 Å². The van der Waals surface area contributed by atoms with Crippen LogP contribution >= 0.6 is 0 Å². The van der Waals surface area contributed by atoms with Crippen LogP contribution in [0.3, 0.4) is 0 Å². The second-order valence-corrected chi connectivity index (χ2v) is 2.71. The Morgan fingerprint density at radius 1 is 0.783 bits per heavy atom. The summed E-state index contributed by atoms with van der Waals surface area (Å²) in [7, 11) is 0. The Balaban J connectivity index is -0.0000000153. The normalized spacial score (nSPS) is 6.26. The standard InChI is InChI=1S/C5H7N.C4H5N.2C3H8.C2H6.2CH4.2Y/c1-3-5-6-4-2;1-3-5-4-2;2*1-3-2;1-2;;;;/h2,4H,3H2,1H3;1,3H,2H3;2*3H2,1-2H3;1-2H3;2*1H4;;/q2*-2;;;;;;;. The van der Waals surface area contributed by atoms with Crippen LogP contribution in [0.5, 0.6) is 0 Å². The molecule has 0 aromatic rings. The van der Waals surface area contributed by atoms with Crippen molar-refractivity contribution in [3.8, 4) is 0 Å². The molecule has 0 heterocycles. The minimum atomic E-state index is 0. The maximum atomic E-state index is 4.86. The molecule has 0 fully saturated rings. The number of hydrogen-bond donors (Lipinski definition) is 0. The molecule has 0 aliphatic rings. The number of rotatable bonds is 3. The monoisotopic (exact) mass is 476 g/mol. The summed E-state index contributed by atoms with van der Waals surface area (Å²) in [4.78, 5) is 6.87. The first-order valence-electron chi connectivity index (χ1n) is 7.02. The summed E-state index contributed by atoms with van der Waals surface area (Å²) in [5.74, 6) is 0. The molecule has 2 nitrogen and oxygen atoms in total. The van der Waals surface area contributed by atoms with E-state index in [1.54, 1.807) is 6.92 Å². The molecule has 4 heteroatoms. The van der Waals surface area contributed by atoms with Crippen LogP contribution in [-0.4, -0.2) is 12.4 Å². The van der Waals surface area contributed by atoms with Crippen LogP contribution in [0, 0.1) is 13.2 Å². The zero-order chi connectivity index (χ0) is 16.4. The van der Waals surface area contributed by atoms with E-state index >= 15 is 0 Å². The Morgan fingerprint density at radius 3 is 1.09 bits per heavy atom. The third-order valence-electron chi connectivity index (χ3n) is 0.528. The van der Waals surface area contributed by atoms with Crippen LogP contribution < -0.4 is 0 Å². The first-order valence-corrected chi connectivity index (χ1v) is 7.02. The van der Waals surface area contributed by atoms with Crippen molar-refractivity contribution < 1.29 is 65.4 Å². The van der Waals surface area contributed by atoms with Crippen molar-refractivity contribution in [3.63, 3.8) is 0 Å². The van der Waals surface area contributed by atoms with E-state index in [4.69, 9.17) is 13.2 Å². The van der Waals surface area contributed by atoms with Gasteiger partial charge in [0.1, 0.15) is 0 Å². The Kier molecular flexibility index (Phi) is 273. The average Bonchev–Trinajstić information content (AvgIpc) is 2.42. The van der Waals surface area contributed by atoms with E-state index in [9.17, 15) is 0 Å². The first kappa shape index (κ1) is 56.4. The van der Waals surface area contributed by atoms with Gasteiger partial charge in [0.2, 0.25) is 0 Å². The van der Waals surface area contributed by atoms with E-state index in [1.807, 2.05) is 20.8 Å². The number of hydrogen-bond acceptors (Lipinski definition) is 2. The largest absolute Gasteiger partial charge is 0.601 e. The molecular weight excluding hydrogens is 434 g/mol. The fraction of sp³-hybridized carbons (Fsp3) is 0.684. The van der Waals surface area contributed by atoms with Crippen molar-refractivity contribution in [1.82, 2.24) is 0 Å². The summed E-state index contributed by atoms with van der Waals surface area (Å²) in [6.45, 7) is 25.8. The van der Waals surface area contributed by atoms with Gasteiger partial charge in [0, 0.05) is 65.4 Å². The quantitative estimate of drug-likeness (QED) is 0.301. The summed E-state index contributed by atoms with van der Waals surface area (Å²) in [5.41, 5.74) is 0. The molecule has 0 atom stereocenters. The molecule has 2 radical (unpaired) electrons. The van der Waals surface area contributed by atoms with Gasteiger partial charge in [0.15, 0.2) is 0 Å². The zero-order valence-corrected chi connectivity index (χ0v) is 21.2. The van der Waals surface area contributed by atoms with Crippen molar-refractivity contribution in [3.05, 3.63) is 25.6 Å². The zero-order valence-electron chi connectivity index (χ0n) is 15.5. The van der Waals surface area contributed by atoms with Gasteiger partial charge in [-0.15, -0.1) is 6.92 Å². The fourth-order valence-corrected chi connectivity index (χ4v) is 0.219. The van der Waals surface area contributed by atoms with E-state index in [1.165, 1.54) is 25.2 Å². The van der Waals surface area contributed by atoms with Gasteiger partial charge in [-0.2, -0.15) is 12.4 Å². The fourth-order valence-electron chi connectivity index (χ4n) is 0.219. The summed E-state index contributed by atoms with van der Waals surface area (Å²) >= 11 is 0. The maximum Gasteiger partial charge on any atom is 0 e. The van der Waals surface area contributed by atoms with Crippen LogP contribution in [0.4, 0.5) is 0 Å². The molecule has 23 heavy (non-hydrogen) atoms. The molecule has 0 spiro atoms. The van der Waals surface area contributed by atoms with E-state index in [0.29, 0.717) is 0 Å². The summed E-state index contributed by atoms with van der Waals surface area (Å²) in [5, 5.41) is 0. The molecule has 0 aromatic carbocycles. The van der Waals surface area contributed by atoms with Crippen molar-refractivity contribution in [2.45, 2.75) is 89.5 Å². The van der Waals surface area contributed by atoms with Gasteiger partial charge >= 0.3 is 0 Å². The summed E-state index contributed by atoms with van der Waals surface area (Å²) in [6, 6.07) is 0. The molecule has 0 rings (SSSR count). The van der Waals surface area contributed by atoms with Crippen molar-refractivity contribution >= 4 is 12.4 Å².